The van der Waals surface area contributed by atoms with Gasteiger partial charge >= 0.3 is 0 Å². The smallest absolute Gasteiger partial charge is 0.229 e. The third-order valence-corrected chi connectivity index (χ3v) is 3.72. The lowest BCUT2D eigenvalue weighted by atomic mass is 10.2. The Bertz CT molecular complexity index is 741. The zero-order valence-electron chi connectivity index (χ0n) is 10.3. The average molecular weight is 306 g/mol. The number of rotatable bonds is 3. The molecule has 0 unspecified atom stereocenters. The molecule has 2 rings (SSSR count). The van der Waals surface area contributed by atoms with E-state index in [1.165, 1.54) is 18.2 Å². The molecule has 0 spiro atoms. The van der Waals surface area contributed by atoms with Crippen molar-refractivity contribution in [2.75, 3.05) is 4.31 Å². The summed E-state index contributed by atoms with van der Waals surface area (Å²) < 4.78 is 24.1. The van der Waals surface area contributed by atoms with Crippen LogP contribution < -0.4 is 4.31 Å². The summed E-state index contributed by atoms with van der Waals surface area (Å²) >= 11 is 6.06. The number of anilines is 2. The highest BCUT2D eigenvalue weighted by Gasteiger charge is 2.15. The molecule has 2 aromatic rings. The number of nitriles is 1. The van der Waals surface area contributed by atoms with Gasteiger partial charge in [-0.25, -0.2) is 12.7 Å². The topological polar surface area (TPSA) is 61.2 Å². The minimum Gasteiger partial charge on any atom is -0.239 e. The minimum atomic E-state index is -2.91. The summed E-state index contributed by atoms with van der Waals surface area (Å²) in [7, 11) is -2.91. The lowest BCUT2D eigenvalue weighted by Gasteiger charge is -2.19. The largest absolute Gasteiger partial charge is 0.239 e. The highest BCUT2D eigenvalue weighted by atomic mass is 35.5. The first-order valence-corrected chi connectivity index (χ1v) is 7.10. The number of benzene rings is 2. The van der Waals surface area contributed by atoms with Gasteiger partial charge in [0.25, 0.3) is 0 Å². The van der Waals surface area contributed by atoms with Crippen LogP contribution >= 0.6 is 11.6 Å². The molecule has 0 saturated carbocycles. The fourth-order valence-electron chi connectivity index (χ4n) is 1.71. The van der Waals surface area contributed by atoms with E-state index < -0.39 is 10.9 Å². The van der Waals surface area contributed by atoms with Crippen molar-refractivity contribution in [3.63, 3.8) is 0 Å². The molecular formula is C14H10ClN2O2S. The number of hydrogen-bond donors (Lipinski definition) is 1. The summed E-state index contributed by atoms with van der Waals surface area (Å²) in [6.45, 7) is 3.75. The van der Waals surface area contributed by atoms with Gasteiger partial charge in [-0.05, 0) is 42.8 Å². The van der Waals surface area contributed by atoms with Gasteiger partial charge in [0.1, 0.15) is 0 Å². The molecule has 20 heavy (non-hydrogen) atoms. The quantitative estimate of drug-likeness (QED) is 0.887. The van der Waals surface area contributed by atoms with Crippen LogP contribution in [0.1, 0.15) is 11.1 Å². The van der Waals surface area contributed by atoms with Crippen LogP contribution in [0.4, 0.5) is 11.4 Å². The summed E-state index contributed by atoms with van der Waals surface area (Å²) in [4.78, 5) is 0. The van der Waals surface area contributed by atoms with E-state index in [1.807, 2.05) is 6.07 Å². The van der Waals surface area contributed by atoms with Crippen LogP contribution in [-0.4, -0.2) is 8.42 Å². The van der Waals surface area contributed by atoms with Gasteiger partial charge in [-0.2, -0.15) is 5.26 Å². The van der Waals surface area contributed by atoms with E-state index in [2.05, 4.69) is 6.92 Å². The van der Waals surface area contributed by atoms with Crippen LogP contribution in [-0.2, 0) is 10.9 Å². The monoisotopic (exact) mass is 305 g/mol. The van der Waals surface area contributed by atoms with Gasteiger partial charge in [0.15, 0.2) is 0 Å². The van der Waals surface area contributed by atoms with E-state index in [9.17, 15) is 8.42 Å². The Morgan fingerprint density at radius 1 is 1.15 bits per heavy atom. The summed E-state index contributed by atoms with van der Waals surface area (Å²) in [5.74, 6) is 0. The molecule has 0 aromatic heterocycles. The predicted molar refractivity (Wildman–Crippen MR) is 79.5 cm³/mol. The average Bonchev–Trinajstić information content (AvgIpc) is 2.42. The summed E-state index contributed by atoms with van der Waals surface area (Å²) in [5.41, 5.74) is 1.91. The van der Waals surface area contributed by atoms with E-state index in [0.29, 0.717) is 16.9 Å². The Hall–Kier alpha value is -2.03. The van der Waals surface area contributed by atoms with Crippen LogP contribution in [0.5, 0.6) is 0 Å². The molecule has 0 fully saturated rings. The van der Waals surface area contributed by atoms with Gasteiger partial charge in [-0.15, -0.1) is 0 Å². The predicted octanol–water partition coefficient (Wildman–Crippen LogP) is 3.06. The maximum atomic E-state index is 11.5. The van der Waals surface area contributed by atoms with Crippen LogP contribution in [0.2, 0.25) is 5.02 Å². The zero-order valence-corrected chi connectivity index (χ0v) is 11.9. The van der Waals surface area contributed by atoms with Crippen molar-refractivity contribution in [1.82, 2.24) is 0 Å². The standard InChI is InChI=1S/C14H10ClN2O2S/c1-10-2-5-12(6-3-10)17(20(18)19)14-7-4-11(9-16)8-13(14)15/h2-8,20H,1H2. The summed E-state index contributed by atoms with van der Waals surface area (Å²) in [5, 5.41) is 9.00. The molecular weight excluding hydrogens is 296 g/mol. The Morgan fingerprint density at radius 3 is 2.30 bits per heavy atom. The normalized spacial score (nSPS) is 10.3. The summed E-state index contributed by atoms with van der Waals surface area (Å²) in [6.07, 6.45) is 0. The van der Waals surface area contributed by atoms with Crippen LogP contribution in [0.3, 0.4) is 0 Å². The Labute approximate surface area is 123 Å². The molecule has 4 nitrogen and oxygen atoms in total. The molecule has 101 valence electrons. The highest BCUT2D eigenvalue weighted by molar-refractivity contribution is 7.74. The second-order valence-corrected chi connectivity index (χ2v) is 5.28. The molecule has 0 atom stereocenters. The van der Waals surface area contributed by atoms with E-state index >= 15 is 0 Å². The minimum absolute atomic E-state index is 0.196. The third kappa shape index (κ3) is 2.93. The fraction of sp³-hybridized carbons (Fsp3) is 0. The van der Waals surface area contributed by atoms with Crippen LogP contribution in [0.15, 0.2) is 42.5 Å². The van der Waals surface area contributed by atoms with E-state index in [0.717, 1.165) is 9.87 Å². The summed E-state index contributed by atoms with van der Waals surface area (Å²) in [6, 6.07) is 13.1. The first-order valence-electron chi connectivity index (χ1n) is 5.59. The Balaban J connectivity index is 2.55. The number of nitrogens with zero attached hydrogens (tertiary/aromatic N) is 2. The molecule has 0 aliphatic heterocycles. The Morgan fingerprint density at radius 2 is 1.80 bits per heavy atom. The number of hydrogen-bond acceptors (Lipinski definition) is 3. The molecule has 0 saturated heterocycles. The van der Waals surface area contributed by atoms with Crippen molar-refractivity contribution in [3.05, 3.63) is 65.5 Å². The van der Waals surface area contributed by atoms with Gasteiger partial charge in [0.05, 0.1) is 28.0 Å². The molecule has 0 aliphatic carbocycles. The van der Waals surface area contributed by atoms with E-state index in [4.69, 9.17) is 16.9 Å². The zero-order chi connectivity index (χ0) is 14.7. The number of halogens is 1. The molecule has 0 aliphatic rings. The first kappa shape index (κ1) is 14.4. The number of thiol groups is 1. The maximum absolute atomic E-state index is 11.5. The van der Waals surface area contributed by atoms with E-state index in [-0.39, 0.29) is 5.02 Å². The first-order chi connectivity index (χ1) is 9.52. The molecule has 0 heterocycles. The van der Waals surface area contributed by atoms with Gasteiger partial charge in [-0.1, -0.05) is 23.7 Å². The molecule has 1 radical (unpaired) electrons. The maximum Gasteiger partial charge on any atom is 0.229 e. The van der Waals surface area contributed by atoms with Crippen molar-refractivity contribution in [1.29, 1.82) is 5.26 Å². The van der Waals surface area contributed by atoms with Crippen molar-refractivity contribution in [2.45, 2.75) is 0 Å². The highest BCUT2D eigenvalue weighted by Crippen LogP contribution is 2.32. The lowest BCUT2D eigenvalue weighted by molar-refractivity contribution is 0.614. The van der Waals surface area contributed by atoms with Crippen molar-refractivity contribution in [2.24, 2.45) is 0 Å². The second-order valence-electron chi connectivity index (χ2n) is 3.99. The molecule has 0 bridgehead atoms. The SMILES string of the molecule is [CH2]c1ccc(N(c2ccc(C#N)cc2Cl)[SH](=O)=O)cc1. The second kappa shape index (κ2) is 5.95. The van der Waals surface area contributed by atoms with Crippen LogP contribution in [0.25, 0.3) is 0 Å². The molecule has 0 N–H and O–H groups in total. The van der Waals surface area contributed by atoms with Crippen molar-refractivity contribution < 1.29 is 8.42 Å². The molecule has 2 aromatic carbocycles. The van der Waals surface area contributed by atoms with Crippen molar-refractivity contribution >= 4 is 33.9 Å². The molecule has 0 amide bonds. The van der Waals surface area contributed by atoms with Gasteiger partial charge in [-0.3, -0.25) is 0 Å². The van der Waals surface area contributed by atoms with E-state index in [1.54, 1.807) is 24.3 Å². The fourth-order valence-corrected chi connectivity index (χ4v) is 2.70. The van der Waals surface area contributed by atoms with Crippen LogP contribution in [0, 0.1) is 18.3 Å². The van der Waals surface area contributed by atoms with Gasteiger partial charge in [0.2, 0.25) is 10.9 Å². The van der Waals surface area contributed by atoms with Gasteiger partial charge < -0.3 is 0 Å². The van der Waals surface area contributed by atoms with Crippen molar-refractivity contribution in [3.8, 4) is 6.07 Å². The third-order valence-electron chi connectivity index (χ3n) is 2.65. The van der Waals surface area contributed by atoms with Gasteiger partial charge in [0, 0.05) is 0 Å². The Kier molecular flexibility index (Phi) is 4.28. The lowest BCUT2D eigenvalue weighted by Crippen LogP contribution is -2.14. The molecule has 6 heteroatoms.